The molecule has 0 aromatic rings. The minimum absolute atomic E-state index is 0.190. The zero-order valence-electron chi connectivity index (χ0n) is 49.2. The van der Waals surface area contributed by atoms with Crippen LogP contribution in [-0.4, -0.2) is 87.5 Å². The number of aliphatic hydroxyl groups excluding tert-OH is 5. The number of carbonyl (C=O) groups excluding carboxylic acids is 1. The van der Waals surface area contributed by atoms with Crippen molar-refractivity contribution in [3.05, 3.63) is 109 Å². The average molecular weight is 1080 g/mol. The third-order valence-electron chi connectivity index (χ3n) is 14.3. The first kappa shape index (κ1) is 71.9. The van der Waals surface area contributed by atoms with Crippen LogP contribution in [-0.2, 0) is 14.3 Å². The van der Waals surface area contributed by atoms with Gasteiger partial charge in [-0.15, -0.1) is 0 Å². The number of aliphatic hydroxyl groups is 5. The van der Waals surface area contributed by atoms with Gasteiger partial charge >= 0.3 is 0 Å². The van der Waals surface area contributed by atoms with Gasteiger partial charge in [-0.25, -0.2) is 0 Å². The van der Waals surface area contributed by atoms with Gasteiger partial charge in [-0.05, 0) is 89.9 Å². The highest BCUT2D eigenvalue weighted by atomic mass is 16.7. The summed E-state index contributed by atoms with van der Waals surface area (Å²) >= 11 is 0. The molecule has 0 aliphatic carbocycles. The molecular formula is C68H117NO8. The number of rotatable bonds is 53. The zero-order chi connectivity index (χ0) is 55.8. The molecule has 1 aliphatic heterocycles. The molecule has 0 spiro atoms. The molecule has 7 atom stereocenters. The summed E-state index contributed by atoms with van der Waals surface area (Å²) in [7, 11) is 0. The van der Waals surface area contributed by atoms with E-state index in [1.807, 2.05) is 6.08 Å². The Hall–Kier alpha value is -3.15. The summed E-state index contributed by atoms with van der Waals surface area (Å²) in [5, 5.41) is 54.6. The van der Waals surface area contributed by atoms with Gasteiger partial charge in [0.2, 0.25) is 5.91 Å². The number of nitrogens with one attached hydrogen (secondary N) is 1. The van der Waals surface area contributed by atoms with Crippen LogP contribution in [0.5, 0.6) is 0 Å². The van der Waals surface area contributed by atoms with Crippen LogP contribution in [0.25, 0.3) is 0 Å². The Morgan fingerprint density at radius 2 is 0.818 bits per heavy atom. The number of hydrogen-bond acceptors (Lipinski definition) is 8. The van der Waals surface area contributed by atoms with Gasteiger partial charge < -0.3 is 40.3 Å². The molecule has 1 saturated heterocycles. The molecule has 0 bridgehead atoms. The SMILES string of the molecule is CC/C=C\C/C=C\C/C=C\C/C=C\C/C=C\C/C=C\C/C=C\CCCCCCCCCCCCCCCC(=O)NC(COC1OC(CO)C(O)C(O)C1O)C(O)/C=C/CC/C=C/CCCCCCCCCCCCCCC. The summed E-state index contributed by atoms with van der Waals surface area (Å²) in [5.41, 5.74) is 0. The lowest BCUT2D eigenvalue weighted by atomic mass is 9.99. The Bertz CT molecular complexity index is 1580. The molecule has 0 radical (unpaired) electrons. The van der Waals surface area contributed by atoms with Crippen molar-refractivity contribution in [2.45, 2.75) is 301 Å². The highest BCUT2D eigenvalue weighted by molar-refractivity contribution is 5.76. The molecule has 9 heteroatoms. The summed E-state index contributed by atoms with van der Waals surface area (Å²) in [4.78, 5) is 13.1. The van der Waals surface area contributed by atoms with Crippen LogP contribution in [0.1, 0.15) is 258 Å². The highest BCUT2D eigenvalue weighted by Gasteiger charge is 2.44. The average Bonchev–Trinajstić information content (AvgIpc) is 3.43. The Balaban J connectivity index is 2.18. The molecule has 77 heavy (non-hydrogen) atoms. The van der Waals surface area contributed by atoms with Gasteiger partial charge in [0.15, 0.2) is 6.29 Å². The maximum Gasteiger partial charge on any atom is 0.220 e. The van der Waals surface area contributed by atoms with E-state index in [2.05, 4.69) is 116 Å². The summed E-state index contributed by atoms with van der Waals surface area (Å²) in [5.74, 6) is -0.190. The van der Waals surface area contributed by atoms with E-state index in [1.54, 1.807) is 6.08 Å². The first-order chi connectivity index (χ1) is 37.8. The van der Waals surface area contributed by atoms with E-state index in [4.69, 9.17) is 9.47 Å². The molecule has 7 unspecified atom stereocenters. The minimum atomic E-state index is -1.58. The maximum absolute atomic E-state index is 13.1. The number of allylic oxidation sites excluding steroid dienone is 17. The maximum atomic E-state index is 13.1. The van der Waals surface area contributed by atoms with Crippen LogP contribution in [0, 0.1) is 0 Å². The van der Waals surface area contributed by atoms with Crippen molar-refractivity contribution in [2.75, 3.05) is 13.2 Å². The van der Waals surface area contributed by atoms with Gasteiger partial charge in [-0.1, -0.05) is 271 Å². The van der Waals surface area contributed by atoms with Crippen molar-refractivity contribution >= 4 is 5.91 Å². The van der Waals surface area contributed by atoms with Crippen molar-refractivity contribution in [2.24, 2.45) is 0 Å². The normalized spacial score (nSPS) is 19.5. The Morgan fingerprint density at radius 3 is 1.25 bits per heavy atom. The fourth-order valence-corrected chi connectivity index (χ4v) is 9.39. The molecule has 9 nitrogen and oxygen atoms in total. The van der Waals surface area contributed by atoms with Gasteiger partial charge in [0.25, 0.3) is 0 Å². The van der Waals surface area contributed by atoms with Crippen molar-refractivity contribution in [3.63, 3.8) is 0 Å². The Morgan fingerprint density at radius 1 is 0.455 bits per heavy atom. The van der Waals surface area contributed by atoms with Crippen LogP contribution in [0.2, 0.25) is 0 Å². The number of amides is 1. The smallest absolute Gasteiger partial charge is 0.220 e. The molecule has 442 valence electrons. The number of unbranched alkanes of at least 4 members (excludes halogenated alkanes) is 27. The lowest BCUT2D eigenvalue weighted by Crippen LogP contribution is -2.60. The van der Waals surface area contributed by atoms with Gasteiger partial charge in [-0.2, -0.15) is 0 Å². The molecule has 1 heterocycles. The standard InChI is InChI=1S/C68H117NO8/c1-3-5-7-9-11-13-15-17-19-21-23-24-25-26-27-28-29-30-31-32-33-34-35-36-37-38-40-42-44-46-48-50-52-54-56-58-64(72)69-61(60-76-68-67(75)66(74)65(73)63(59-70)77-68)62(71)57-55-53-51-49-47-45-43-41-39-22-20-18-16-14-12-10-8-6-4-2/h5,7,11,13,17,19,23-24,26-27,29-30,32-33,47,49,55,57,61-63,65-68,70-71,73-75H,3-4,6,8-10,12,14-16,18,20-22,25,28,31,34-46,48,50-54,56,58-60H2,1-2H3,(H,69,72)/b7-5-,13-11-,19-17-,24-23-,27-26-,30-29-,33-32-,49-47+,57-55+. The molecule has 1 aliphatic rings. The second-order valence-electron chi connectivity index (χ2n) is 21.5. The Labute approximate surface area is 472 Å². The first-order valence-corrected chi connectivity index (χ1v) is 31.6. The highest BCUT2D eigenvalue weighted by Crippen LogP contribution is 2.23. The van der Waals surface area contributed by atoms with Gasteiger partial charge in [-0.3, -0.25) is 4.79 Å². The van der Waals surface area contributed by atoms with Crippen LogP contribution in [0.4, 0.5) is 0 Å². The summed E-state index contributed by atoms with van der Waals surface area (Å²) in [6, 6.07) is -0.829. The lowest BCUT2D eigenvalue weighted by Gasteiger charge is -2.40. The largest absolute Gasteiger partial charge is 0.394 e. The third kappa shape index (κ3) is 45.3. The number of hydrogen-bond donors (Lipinski definition) is 6. The molecule has 1 fully saturated rings. The van der Waals surface area contributed by atoms with Crippen molar-refractivity contribution in [1.29, 1.82) is 0 Å². The molecule has 1 rings (SSSR count). The number of carbonyl (C=O) groups is 1. The molecular weight excluding hydrogens is 959 g/mol. The zero-order valence-corrected chi connectivity index (χ0v) is 49.2. The van der Waals surface area contributed by atoms with Crippen molar-refractivity contribution in [1.82, 2.24) is 5.32 Å². The van der Waals surface area contributed by atoms with Crippen LogP contribution < -0.4 is 5.32 Å². The Kier molecular flexibility index (Phi) is 52.4. The van der Waals surface area contributed by atoms with Crippen LogP contribution in [0.15, 0.2) is 109 Å². The van der Waals surface area contributed by atoms with E-state index < -0.39 is 49.5 Å². The van der Waals surface area contributed by atoms with E-state index >= 15 is 0 Å². The van der Waals surface area contributed by atoms with Gasteiger partial charge in [0.05, 0.1) is 25.4 Å². The van der Waals surface area contributed by atoms with E-state index in [1.165, 1.54) is 154 Å². The van der Waals surface area contributed by atoms with E-state index in [0.29, 0.717) is 6.42 Å². The summed E-state index contributed by atoms with van der Waals surface area (Å²) < 4.78 is 11.3. The molecule has 6 N–H and O–H groups in total. The number of ether oxygens (including phenoxy) is 2. The van der Waals surface area contributed by atoms with Crippen LogP contribution >= 0.6 is 0 Å². The quantitative estimate of drug-likeness (QED) is 0.0261. The van der Waals surface area contributed by atoms with E-state index in [9.17, 15) is 30.3 Å². The fourth-order valence-electron chi connectivity index (χ4n) is 9.39. The minimum Gasteiger partial charge on any atom is -0.394 e. The summed E-state index contributed by atoms with van der Waals surface area (Å²) in [6.07, 6.45) is 75.9. The predicted molar refractivity (Wildman–Crippen MR) is 327 cm³/mol. The fraction of sp³-hybridized carbons (Fsp3) is 0.721. The van der Waals surface area contributed by atoms with Crippen molar-refractivity contribution in [3.8, 4) is 0 Å². The van der Waals surface area contributed by atoms with E-state index in [-0.39, 0.29) is 12.5 Å². The van der Waals surface area contributed by atoms with Gasteiger partial charge in [0.1, 0.15) is 24.4 Å². The van der Waals surface area contributed by atoms with E-state index in [0.717, 1.165) is 83.5 Å². The van der Waals surface area contributed by atoms with Gasteiger partial charge in [0, 0.05) is 6.42 Å². The van der Waals surface area contributed by atoms with Crippen LogP contribution in [0.3, 0.4) is 0 Å². The summed E-state index contributed by atoms with van der Waals surface area (Å²) in [6.45, 7) is 3.66. The second-order valence-corrected chi connectivity index (χ2v) is 21.5. The predicted octanol–water partition coefficient (Wildman–Crippen LogP) is 16.5. The second kappa shape index (κ2) is 56.1. The third-order valence-corrected chi connectivity index (χ3v) is 14.3. The molecule has 0 saturated carbocycles. The first-order valence-electron chi connectivity index (χ1n) is 31.6. The molecule has 1 amide bonds. The molecule has 0 aromatic carbocycles. The topological polar surface area (TPSA) is 149 Å². The van der Waals surface area contributed by atoms with Crippen molar-refractivity contribution < 1.29 is 39.8 Å². The lowest BCUT2D eigenvalue weighted by molar-refractivity contribution is -0.302. The monoisotopic (exact) mass is 1080 g/mol. The molecule has 0 aromatic heterocycles.